The summed E-state index contributed by atoms with van der Waals surface area (Å²) < 4.78 is 0. The van der Waals surface area contributed by atoms with Crippen molar-refractivity contribution in [2.24, 2.45) is 0 Å². The summed E-state index contributed by atoms with van der Waals surface area (Å²) >= 11 is 5.85. The molecule has 2 rings (SSSR count). The molecule has 0 radical (unpaired) electrons. The number of benzene rings is 1. The van der Waals surface area contributed by atoms with Gasteiger partial charge in [0, 0.05) is 37.7 Å². The molecule has 1 unspecified atom stereocenters. The molecule has 1 heterocycles. The number of piperazine rings is 1. The molecular formula is C15H23ClN2O. The van der Waals surface area contributed by atoms with Crippen LogP contribution in [-0.2, 0) is 0 Å². The van der Waals surface area contributed by atoms with Crippen molar-refractivity contribution in [2.45, 2.75) is 19.4 Å². The van der Waals surface area contributed by atoms with Crippen molar-refractivity contribution in [2.75, 3.05) is 39.3 Å². The minimum Gasteiger partial charge on any atom is -0.388 e. The summed E-state index contributed by atoms with van der Waals surface area (Å²) in [5, 5.41) is 10.9. The first kappa shape index (κ1) is 14.8. The molecule has 0 aromatic heterocycles. The van der Waals surface area contributed by atoms with E-state index in [1.807, 2.05) is 24.3 Å². The number of hydrogen-bond donors (Lipinski definition) is 1. The topological polar surface area (TPSA) is 26.7 Å². The van der Waals surface area contributed by atoms with E-state index in [4.69, 9.17) is 11.6 Å². The molecule has 106 valence electrons. The van der Waals surface area contributed by atoms with Crippen LogP contribution in [0.3, 0.4) is 0 Å². The second kappa shape index (κ2) is 7.25. The highest BCUT2D eigenvalue weighted by atomic mass is 35.5. The van der Waals surface area contributed by atoms with Crippen LogP contribution in [-0.4, -0.2) is 54.2 Å². The largest absolute Gasteiger partial charge is 0.388 e. The third-order valence-corrected chi connectivity index (χ3v) is 4.14. The zero-order chi connectivity index (χ0) is 13.7. The molecule has 1 atom stereocenters. The smallest absolute Gasteiger partial charge is 0.0802 e. The summed E-state index contributed by atoms with van der Waals surface area (Å²) in [6, 6.07) is 7.48. The molecular weight excluding hydrogens is 260 g/mol. The Morgan fingerprint density at radius 2 is 1.68 bits per heavy atom. The molecule has 0 amide bonds. The van der Waals surface area contributed by atoms with Crippen LogP contribution in [0.1, 0.15) is 25.0 Å². The summed E-state index contributed by atoms with van der Waals surface area (Å²) in [5.41, 5.74) is 0.955. The monoisotopic (exact) mass is 282 g/mol. The van der Waals surface area contributed by atoms with E-state index >= 15 is 0 Å². The normalized spacial score (nSPS) is 19.5. The molecule has 1 saturated heterocycles. The van der Waals surface area contributed by atoms with E-state index < -0.39 is 0 Å². The molecule has 1 fully saturated rings. The molecule has 0 bridgehead atoms. The van der Waals surface area contributed by atoms with Gasteiger partial charge < -0.3 is 14.9 Å². The first-order chi connectivity index (χ1) is 9.19. The molecule has 1 aliphatic heterocycles. The van der Waals surface area contributed by atoms with Gasteiger partial charge in [0.15, 0.2) is 0 Å². The molecule has 4 heteroatoms. The van der Waals surface area contributed by atoms with Gasteiger partial charge >= 0.3 is 0 Å². The molecule has 1 aromatic carbocycles. The fraction of sp³-hybridized carbons (Fsp3) is 0.600. The van der Waals surface area contributed by atoms with Crippen molar-refractivity contribution in [3.63, 3.8) is 0 Å². The quantitative estimate of drug-likeness (QED) is 0.898. The summed E-state index contributed by atoms with van der Waals surface area (Å²) in [6.45, 7) is 8.83. The molecule has 3 nitrogen and oxygen atoms in total. The standard InChI is InChI=1S/C15H23ClN2O/c1-2-17-9-11-18(12-10-17)8-7-15(19)13-3-5-14(16)6-4-13/h3-6,15,19H,2,7-12H2,1H3. The van der Waals surface area contributed by atoms with Crippen LogP contribution in [0.15, 0.2) is 24.3 Å². The van der Waals surface area contributed by atoms with Gasteiger partial charge in [-0.3, -0.25) is 0 Å². The lowest BCUT2D eigenvalue weighted by atomic mass is 10.1. The van der Waals surface area contributed by atoms with E-state index in [1.165, 1.54) is 0 Å². The Bertz CT molecular complexity index is 374. The van der Waals surface area contributed by atoms with Crippen LogP contribution in [0.25, 0.3) is 0 Å². The van der Waals surface area contributed by atoms with Crippen molar-refractivity contribution in [3.8, 4) is 0 Å². The van der Waals surface area contributed by atoms with Gasteiger partial charge in [-0.1, -0.05) is 30.7 Å². The highest BCUT2D eigenvalue weighted by Gasteiger charge is 2.16. The summed E-state index contributed by atoms with van der Waals surface area (Å²) in [7, 11) is 0. The second-order valence-electron chi connectivity index (χ2n) is 5.13. The van der Waals surface area contributed by atoms with E-state index in [1.54, 1.807) is 0 Å². The first-order valence-corrected chi connectivity index (χ1v) is 7.45. The van der Waals surface area contributed by atoms with E-state index in [0.29, 0.717) is 5.02 Å². The molecule has 1 aromatic rings. The number of halogens is 1. The second-order valence-corrected chi connectivity index (χ2v) is 5.57. The fourth-order valence-corrected chi connectivity index (χ4v) is 2.61. The Kier molecular flexibility index (Phi) is 5.64. The van der Waals surface area contributed by atoms with Crippen LogP contribution in [0.5, 0.6) is 0 Å². The average molecular weight is 283 g/mol. The number of hydrogen-bond acceptors (Lipinski definition) is 3. The Labute approximate surface area is 120 Å². The van der Waals surface area contributed by atoms with Crippen LogP contribution >= 0.6 is 11.6 Å². The number of nitrogens with zero attached hydrogens (tertiary/aromatic N) is 2. The Hall–Kier alpha value is -0.610. The van der Waals surface area contributed by atoms with Crippen molar-refractivity contribution in [1.29, 1.82) is 0 Å². The third-order valence-electron chi connectivity index (χ3n) is 3.89. The predicted molar refractivity (Wildman–Crippen MR) is 79.6 cm³/mol. The lowest BCUT2D eigenvalue weighted by Crippen LogP contribution is -2.46. The van der Waals surface area contributed by atoms with Crippen molar-refractivity contribution in [3.05, 3.63) is 34.9 Å². The van der Waals surface area contributed by atoms with Crippen molar-refractivity contribution >= 4 is 11.6 Å². The van der Waals surface area contributed by atoms with Gasteiger partial charge in [0.1, 0.15) is 0 Å². The summed E-state index contributed by atoms with van der Waals surface area (Å²) in [4.78, 5) is 4.90. The van der Waals surface area contributed by atoms with Gasteiger partial charge in [-0.15, -0.1) is 0 Å². The lowest BCUT2D eigenvalue weighted by Gasteiger charge is -2.34. The predicted octanol–water partition coefficient (Wildman–Crippen LogP) is 2.40. The maximum Gasteiger partial charge on any atom is 0.0802 e. The van der Waals surface area contributed by atoms with E-state index in [0.717, 1.165) is 51.3 Å². The minimum atomic E-state index is -0.388. The van der Waals surface area contributed by atoms with E-state index in [9.17, 15) is 5.11 Å². The first-order valence-electron chi connectivity index (χ1n) is 7.07. The van der Waals surface area contributed by atoms with Gasteiger partial charge in [0.25, 0.3) is 0 Å². The Morgan fingerprint density at radius 1 is 1.11 bits per heavy atom. The Morgan fingerprint density at radius 3 is 2.26 bits per heavy atom. The highest BCUT2D eigenvalue weighted by Crippen LogP contribution is 2.19. The van der Waals surface area contributed by atoms with Crippen LogP contribution < -0.4 is 0 Å². The Balaban J connectivity index is 1.75. The molecule has 0 aliphatic carbocycles. The van der Waals surface area contributed by atoms with Crippen molar-refractivity contribution < 1.29 is 5.11 Å². The molecule has 0 saturated carbocycles. The van der Waals surface area contributed by atoms with E-state index in [2.05, 4.69) is 16.7 Å². The van der Waals surface area contributed by atoms with E-state index in [-0.39, 0.29) is 6.10 Å². The summed E-state index contributed by atoms with van der Waals surface area (Å²) in [6.07, 6.45) is 0.398. The fourth-order valence-electron chi connectivity index (χ4n) is 2.49. The zero-order valence-electron chi connectivity index (χ0n) is 11.6. The molecule has 1 N–H and O–H groups in total. The minimum absolute atomic E-state index is 0.388. The number of aliphatic hydroxyl groups is 1. The van der Waals surface area contributed by atoms with Gasteiger partial charge in [-0.25, -0.2) is 0 Å². The highest BCUT2D eigenvalue weighted by molar-refractivity contribution is 6.30. The maximum atomic E-state index is 10.2. The maximum absolute atomic E-state index is 10.2. The van der Waals surface area contributed by atoms with Gasteiger partial charge in [0.2, 0.25) is 0 Å². The summed E-state index contributed by atoms with van der Waals surface area (Å²) in [5.74, 6) is 0. The number of rotatable bonds is 5. The van der Waals surface area contributed by atoms with Gasteiger partial charge in [-0.05, 0) is 30.7 Å². The number of likely N-dealkylation sites (N-methyl/N-ethyl adjacent to an activating group) is 1. The lowest BCUT2D eigenvalue weighted by molar-refractivity contribution is 0.105. The van der Waals surface area contributed by atoms with Crippen LogP contribution in [0, 0.1) is 0 Å². The SMILES string of the molecule is CCN1CCN(CCC(O)c2ccc(Cl)cc2)CC1. The molecule has 1 aliphatic rings. The van der Waals surface area contributed by atoms with Crippen molar-refractivity contribution in [1.82, 2.24) is 9.80 Å². The van der Waals surface area contributed by atoms with Gasteiger partial charge in [0.05, 0.1) is 6.10 Å². The molecule has 19 heavy (non-hydrogen) atoms. The third kappa shape index (κ3) is 4.46. The zero-order valence-corrected chi connectivity index (χ0v) is 12.3. The van der Waals surface area contributed by atoms with Gasteiger partial charge in [-0.2, -0.15) is 0 Å². The average Bonchev–Trinajstić information content (AvgIpc) is 2.46. The van der Waals surface area contributed by atoms with Crippen LogP contribution in [0.2, 0.25) is 5.02 Å². The van der Waals surface area contributed by atoms with Crippen LogP contribution in [0.4, 0.5) is 0 Å². The molecule has 0 spiro atoms. The number of aliphatic hydroxyl groups excluding tert-OH is 1.